The van der Waals surface area contributed by atoms with Gasteiger partial charge in [-0.15, -0.1) is 0 Å². The topological polar surface area (TPSA) is 84.4 Å². The SMILES string of the molecule is C[Si](C)(C)CCOCn1c(-c2ccc(OCc3ccccc3)cc2)cc2c(Oc3ccc(N)c(Cl)c3)ncnc21. The molecule has 9 heteroatoms. The highest BCUT2D eigenvalue weighted by atomic mass is 35.5. The Morgan fingerprint density at radius 3 is 2.38 bits per heavy atom. The molecule has 0 atom stereocenters. The summed E-state index contributed by atoms with van der Waals surface area (Å²) < 4.78 is 20.4. The third kappa shape index (κ3) is 6.82. The quantitative estimate of drug-likeness (QED) is 0.0979. The Hall–Kier alpha value is -3.85. The van der Waals surface area contributed by atoms with Crippen molar-refractivity contribution < 1.29 is 14.2 Å². The van der Waals surface area contributed by atoms with E-state index in [0.717, 1.165) is 39.6 Å². The number of benzene rings is 3. The second-order valence-corrected chi connectivity index (χ2v) is 16.8. The monoisotopic (exact) mass is 572 g/mol. The smallest absolute Gasteiger partial charge is 0.231 e. The summed E-state index contributed by atoms with van der Waals surface area (Å²) in [5, 5.41) is 1.19. The number of anilines is 1. The second kappa shape index (κ2) is 12.1. The molecule has 0 aliphatic carbocycles. The number of rotatable bonds is 11. The van der Waals surface area contributed by atoms with Crippen LogP contribution in [0.3, 0.4) is 0 Å². The fraction of sp³-hybridized carbons (Fsp3) is 0.226. The molecule has 5 rings (SSSR count). The molecule has 0 fully saturated rings. The summed E-state index contributed by atoms with van der Waals surface area (Å²) >= 11 is 6.21. The molecule has 7 nitrogen and oxygen atoms in total. The number of hydrogen-bond acceptors (Lipinski definition) is 6. The average Bonchev–Trinajstić information content (AvgIpc) is 3.32. The van der Waals surface area contributed by atoms with Gasteiger partial charge in [-0.2, -0.15) is 0 Å². The molecule has 40 heavy (non-hydrogen) atoms. The number of halogens is 1. The summed E-state index contributed by atoms with van der Waals surface area (Å²) in [6, 6.07) is 26.4. The number of nitrogens with two attached hydrogens (primary N) is 1. The Morgan fingerprint density at radius 2 is 1.65 bits per heavy atom. The van der Waals surface area contributed by atoms with Crippen LogP contribution in [-0.2, 0) is 18.1 Å². The van der Waals surface area contributed by atoms with Crippen LogP contribution < -0.4 is 15.2 Å². The lowest BCUT2D eigenvalue weighted by molar-refractivity contribution is 0.0909. The van der Waals surface area contributed by atoms with Gasteiger partial charge in [-0.1, -0.05) is 61.6 Å². The van der Waals surface area contributed by atoms with Gasteiger partial charge in [0.1, 0.15) is 36.8 Å². The summed E-state index contributed by atoms with van der Waals surface area (Å²) in [4.78, 5) is 9.02. The summed E-state index contributed by atoms with van der Waals surface area (Å²) in [7, 11) is -1.22. The Balaban J connectivity index is 1.45. The molecule has 5 aromatic rings. The molecule has 2 heterocycles. The number of ether oxygens (including phenoxy) is 3. The largest absolute Gasteiger partial charge is 0.489 e. The van der Waals surface area contributed by atoms with Crippen molar-refractivity contribution in [3.05, 3.63) is 95.8 Å². The van der Waals surface area contributed by atoms with E-state index in [1.54, 1.807) is 18.2 Å². The maximum atomic E-state index is 6.21. The molecule has 0 saturated heterocycles. The van der Waals surface area contributed by atoms with Gasteiger partial charge in [0.25, 0.3) is 0 Å². The first-order chi connectivity index (χ1) is 19.3. The van der Waals surface area contributed by atoms with Gasteiger partial charge in [0.05, 0.1) is 21.8 Å². The number of nitrogen functional groups attached to an aromatic ring is 1. The average molecular weight is 573 g/mol. The zero-order chi connectivity index (χ0) is 28.1. The lowest BCUT2D eigenvalue weighted by Gasteiger charge is -2.17. The van der Waals surface area contributed by atoms with E-state index in [1.807, 2.05) is 60.7 Å². The van der Waals surface area contributed by atoms with E-state index in [2.05, 4.69) is 34.2 Å². The van der Waals surface area contributed by atoms with Crippen molar-refractivity contribution in [1.29, 1.82) is 0 Å². The predicted octanol–water partition coefficient (Wildman–Crippen LogP) is 8.02. The lowest BCUT2D eigenvalue weighted by Crippen LogP contribution is -2.22. The van der Waals surface area contributed by atoms with Gasteiger partial charge in [0.2, 0.25) is 5.88 Å². The number of aromatic nitrogens is 3. The summed E-state index contributed by atoms with van der Waals surface area (Å²) in [6.45, 7) is 8.59. The third-order valence-corrected chi connectivity index (χ3v) is 8.49. The van der Waals surface area contributed by atoms with Gasteiger partial charge < -0.3 is 24.5 Å². The molecule has 0 bridgehead atoms. The molecular formula is C31H33ClN4O3Si. The van der Waals surface area contributed by atoms with Crippen LogP contribution in [-0.4, -0.2) is 29.2 Å². The zero-order valence-corrected chi connectivity index (χ0v) is 24.7. The van der Waals surface area contributed by atoms with Crippen LogP contribution in [0, 0.1) is 0 Å². The van der Waals surface area contributed by atoms with Gasteiger partial charge >= 0.3 is 0 Å². The molecule has 0 unspecified atom stereocenters. The van der Waals surface area contributed by atoms with Crippen LogP contribution >= 0.6 is 11.6 Å². The first kappa shape index (κ1) is 27.7. The normalized spacial score (nSPS) is 11.6. The van der Waals surface area contributed by atoms with E-state index in [0.29, 0.717) is 42.3 Å². The number of hydrogen-bond donors (Lipinski definition) is 1. The van der Waals surface area contributed by atoms with Crippen molar-refractivity contribution in [3.8, 4) is 28.6 Å². The van der Waals surface area contributed by atoms with Crippen molar-refractivity contribution in [2.45, 2.75) is 39.0 Å². The Bertz CT molecular complexity index is 1580. The van der Waals surface area contributed by atoms with Gasteiger partial charge in [-0.05, 0) is 59.6 Å². The van der Waals surface area contributed by atoms with Crippen molar-refractivity contribution in [2.24, 2.45) is 0 Å². The maximum Gasteiger partial charge on any atom is 0.231 e. The van der Waals surface area contributed by atoms with E-state index in [-0.39, 0.29) is 0 Å². The molecule has 2 N–H and O–H groups in total. The van der Waals surface area contributed by atoms with Crippen LogP contribution in [0.4, 0.5) is 5.69 Å². The molecule has 0 aliphatic heterocycles. The highest BCUT2D eigenvalue weighted by Gasteiger charge is 2.18. The van der Waals surface area contributed by atoms with E-state index in [9.17, 15) is 0 Å². The Labute approximate surface area is 240 Å². The third-order valence-electron chi connectivity index (χ3n) is 6.46. The van der Waals surface area contributed by atoms with Crippen LogP contribution in [0.25, 0.3) is 22.3 Å². The van der Waals surface area contributed by atoms with Gasteiger partial charge in [-0.3, -0.25) is 0 Å². The number of fused-ring (bicyclic) bond motifs is 1. The Morgan fingerprint density at radius 1 is 0.900 bits per heavy atom. The first-order valence-corrected chi connectivity index (χ1v) is 17.3. The van der Waals surface area contributed by atoms with E-state index in [4.69, 9.17) is 31.5 Å². The van der Waals surface area contributed by atoms with Gasteiger partial charge in [0.15, 0.2) is 0 Å². The van der Waals surface area contributed by atoms with E-state index in [1.165, 1.54) is 6.33 Å². The Kier molecular flexibility index (Phi) is 8.39. The molecule has 3 aromatic carbocycles. The number of nitrogens with zero attached hydrogens (tertiary/aromatic N) is 3. The zero-order valence-electron chi connectivity index (χ0n) is 22.9. The molecular weight excluding hydrogens is 540 g/mol. The first-order valence-electron chi connectivity index (χ1n) is 13.2. The maximum absolute atomic E-state index is 6.21. The fourth-order valence-electron chi connectivity index (χ4n) is 4.17. The highest BCUT2D eigenvalue weighted by molar-refractivity contribution is 6.76. The van der Waals surface area contributed by atoms with Crippen LogP contribution in [0.1, 0.15) is 5.56 Å². The van der Waals surface area contributed by atoms with Crippen molar-refractivity contribution in [3.63, 3.8) is 0 Å². The van der Waals surface area contributed by atoms with E-state index >= 15 is 0 Å². The van der Waals surface area contributed by atoms with E-state index < -0.39 is 8.07 Å². The molecule has 0 amide bonds. The van der Waals surface area contributed by atoms with Crippen molar-refractivity contribution >= 4 is 36.4 Å². The molecule has 0 spiro atoms. The molecule has 0 radical (unpaired) electrons. The molecule has 2 aromatic heterocycles. The molecule has 0 aliphatic rings. The molecule has 206 valence electrons. The minimum atomic E-state index is -1.22. The lowest BCUT2D eigenvalue weighted by atomic mass is 10.1. The standard InChI is InChI=1S/C31H33ClN4O3Si/c1-40(2,3)16-15-37-21-36-29(23-9-11-24(12-10-23)38-19-22-7-5-4-6-8-22)18-26-30(36)34-20-35-31(26)39-25-13-14-28(33)27(32)17-25/h4-14,17-18,20H,15-16,19,21,33H2,1-3H3. The minimum absolute atomic E-state index is 0.361. The van der Waals surface area contributed by atoms with Crippen LogP contribution in [0.15, 0.2) is 85.2 Å². The summed E-state index contributed by atoms with van der Waals surface area (Å²) in [5.41, 5.74) is 10.1. The summed E-state index contributed by atoms with van der Waals surface area (Å²) in [5.74, 6) is 1.77. The predicted molar refractivity (Wildman–Crippen MR) is 164 cm³/mol. The minimum Gasteiger partial charge on any atom is -0.489 e. The van der Waals surface area contributed by atoms with Crippen LogP contribution in [0.5, 0.6) is 17.4 Å². The van der Waals surface area contributed by atoms with Crippen molar-refractivity contribution in [1.82, 2.24) is 14.5 Å². The molecule has 0 saturated carbocycles. The van der Waals surface area contributed by atoms with Gasteiger partial charge in [-0.25, -0.2) is 9.97 Å². The van der Waals surface area contributed by atoms with Gasteiger partial charge in [0, 0.05) is 20.7 Å². The second-order valence-electron chi connectivity index (χ2n) is 10.8. The highest BCUT2D eigenvalue weighted by Crippen LogP contribution is 2.35. The summed E-state index contributed by atoms with van der Waals surface area (Å²) in [6.07, 6.45) is 1.50. The fourth-order valence-corrected chi connectivity index (χ4v) is 5.10. The van der Waals surface area contributed by atoms with Crippen LogP contribution in [0.2, 0.25) is 30.7 Å². The van der Waals surface area contributed by atoms with Crippen molar-refractivity contribution in [2.75, 3.05) is 12.3 Å².